The van der Waals surface area contributed by atoms with E-state index in [0.717, 1.165) is 18.5 Å². The number of nitrogens with zero attached hydrogens (tertiary/aromatic N) is 2. The molecule has 2 N–H and O–H groups in total. The van der Waals surface area contributed by atoms with Crippen molar-refractivity contribution in [3.63, 3.8) is 0 Å². The van der Waals surface area contributed by atoms with E-state index >= 15 is 0 Å². The van der Waals surface area contributed by atoms with Crippen LogP contribution in [0.2, 0.25) is 0 Å². The molecule has 7 heteroatoms. The van der Waals surface area contributed by atoms with Gasteiger partial charge < -0.3 is 10.5 Å². The fourth-order valence-electron chi connectivity index (χ4n) is 2.51. The van der Waals surface area contributed by atoms with Crippen molar-refractivity contribution < 1.29 is 17.9 Å². The summed E-state index contributed by atoms with van der Waals surface area (Å²) in [6.45, 7) is -1.37. The van der Waals surface area contributed by atoms with Gasteiger partial charge in [0, 0.05) is 18.7 Å². The molecule has 0 aliphatic heterocycles. The van der Waals surface area contributed by atoms with Crippen molar-refractivity contribution in [2.45, 2.75) is 50.4 Å². The first-order valence-electron chi connectivity index (χ1n) is 6.88. The van der Waals surface area contributed by atoms with Gasteiger partial charge in [0.2, 0.25) is 0 Å². The molecule has 0 saturated heterocycles. The lowest BCUT2D eigenvalue weighted by molar-refractivity contribution is -0.174. The van der Waals surface area contributed by atoms with Crippen LogP contribution in [0.25, 0.3) is 0 Å². The van der Waals surface area contributed by atoms with Crippen molar-refractivity contribution in [1.29, 1.82) is 0 Å². The van der Waals surface area contributed by atoms with Crippen LogP contribution in [0.4, 0.5) is 13.2 Å². The fourth-order valence-corrected chi connectivity index (χ4v) is 2.51. The normalized spacial score (nSPS) is 18.6. The molecule has 1 heterocycles. The van der Waals surface area contributed by atoms with Gasteiger partial charge in [0.25, 0.3) is 0 Å². The quantitative estimate of drug-likeness (QED) is 0.876. The van der Waals surface area contributed by atoms with E-state index in [0.29, 0.717) is 12.5 Å². The molecule has 1 saturated carbocycles. The molecule has 1 fully saturated rings. The van der Waals surface area contributed by atoms with E-state index in [1.807, 2.05) is 16.9 Å². The van der Waals surface area contributed by atoms with E-state index in [1.54, 1.807) is 0 Å². The number of rotatable bonds is 6. The average Bonchev–Trinajstić information content (AvgIpc) is 2.96. The number of ether oxygens (including phenoxy) is 1. The number of halogens is 3. The van der Waals surface area contributed by atoms with Gasteiger partial charge in [-0.3, -0.25) is 4.68 Å². The molecule has 114 valence electrons. The van der Waals surface area contributed by atoms with E-state index in [9.17, 15) is 13.2 Å². The van der Waals surface area contributed by atoms with Crippen LogP contribution in [0, 0.1) is 0 Å². The van der Waals surface area contributed by atoms with Crippen LogP contribution in [0.3, 0.4) is 0 Å². The van der Waals surface area contributed by atoms with E-state index in [2.05, 4.69) is 9.84 Å². The standard InChI is InChI=1S/C13H20F3N3O/c14-13(15,16)9-20-8-10(17)7-11-5-6-19(18-11)12-3-1-2-4-12/h5-6,10,12H,1-4,7-9,17H2. The smallest absolute Gasteiger partial charge is 0.370 e. The number of aromatic nitrogens is 2. The molecule has 1 unspecified atom stereocenters. The zero-order chi connectivity index (χ0) is 14.6. The fraction of sp³-hybridized carbons (Fsp3) is 0.769. The largest absolute Gasteiger partial charge is 0.411 e. The van der Waals surface area contributed by atoms with Crippen LogP contribution in [0.1, 0.15) is 37.4 Å². The van der Waals surface area contributed by atoms with Crippen LogP contribution in [-0.4, -0.2) is 35.2 Å². The molecule has 0 bridgehead atoms. The SMILES string of the molecule is NC(COCC(F)(F)F)Cc1ccn(C2CCCC2)n1. The summed E-state index contributed by atoms with van der Waals surface area (Å²) in [5.41, 5.74) is 6.56. The molecule has 20 heavy (non-hydrogen) atoms. The van der Waals surface area contributed by atoms with Crippen LogP contribution >= 0.6 is 0 Å². The van der Waals surface area contributed by atoms with E-state index in [4.69, 9.17) is 5.73 Å². The van der Waals surface area contributed by atoms with Gasteiger partial charge in [0.1, 0.15) is 6.61 Å². The van der Waals surface area contributed by atoms with E-state index in [-0.39, 0.29) is 6.61 Å². The molecule has 0 aromatic carbocycles. The summed E-state index contributed by atoms with van der Waals surface area (Å²) in [5.74, 6) is 0. The van der Waals surface area contributed by atoms with Crippen molar-refractivity contribution in [3.05, 3.63) is 18.0 Å². The van der Waals surface area contributed by atoms with Crippen LogP contribution in [0.5, 0.6) is 0 Å². The number of nitrogens with two attached hydrogens (primary N) is 1. The summed E-state index contributed by atoms with van der Waals surface area (Å²) in [7, 11) is 0. The summed E-state index contributed by atoms with van der Waals surface area (Å²) in [6.07, 6.45) is 2.79. The molecule has 1 atom stereocenters. The maximum atomic E-state index is 11.9. The number of alkyl halides is 3. The summed E-state index contributed by atoms with van der Waals surface area (Å²) in [4.78, 5) is 0. The van der Waals surface area contributed by atoms with Crippen LogP contribution in [0.15, 0.2) is 12.3 Å². The number of hydrogen-bond donors (Lipinski definition) is 1. The lowest BCUT2D eigenvalue weighted by Gasteiger charge is -2.12. The Hall–Kier alpha value is -1.08. The molecule has 0 radical (unpaired) electrons. The lowest BCUT2D eigenvalue weighted by Crippen LogP contribution is -2.31. The highest BCUT2D eigenvalue weighted by atomic mass is 19.4. The zero-order valence-corrected chi connectivity index (χ0v) is 11.3. The topological polar surface area (TPSA) is 53.1 Å². The number of hydrogen-bond acceptors (Lipinski definition) is 3. The highest BCUT2D eigenvalue weighted by Gasteiger charge is 2.27. The summed E-state index contributed by atoms with van der Waals surface area (Å²) >= 11 is 0. The summed E-state index contributed by atoms with van der Waals surface area (Å²) < 4.78 is 42.3. The Kier molecular flexibility index (Phi) is 5.04. The highest BCUT2D eigenvalue weighted by Crippen LogP contribution is 2.28. The Morgan fingerprint density at radius 2 is 2.10 bits per heavy atom. The predicted octanol–water partition coefficient (Wildman–Crippen LogP) is 2.45. The molecule has 1 aliphatic rings. The van der Waals surface area contributed by atoms with Gasteiger partial charge in [0.05, 0.1) is 18.3 Å². The van der Waals surface area contributed by atoms with E-state index < -0.39 is 18.8 Å². The molecular weight excluding hydrogens is 271 g/mol. The van der Waals surface area contributed by atoms with Crippen molar-refractivity contribution in [2.75, 3.05) is 13.2 Å². The molecule has 0 amide bonds. The van der Waals surface area contributed by atoms with Gasteiger partial charge in [-0.25, -0.2) is 0 Å². The van der Waals surface area contributed by atoms with Gasteiger partial charge in [0.15, 0.2) is 0 Å². The first-order valence-corrected chi connectivity index (χ1v) is 6.88. The monoisotopic (exact) mass is 291 g/mol. The Morgan fingerprint density at radius 3 is 2.75 bits per heavy atom. The third kappa shape index (κ3) is 4.79. The molecule has 1 aromatic heterocycles. The third-order valence-electron chi connectivity index (χ3n) is 3.43. The Labute approximate surface area is 116 Å². The highest BCUT2D eigenvalue weighted by molar-refractivity contribution is 5.02. The van der Waals surface area contributed by atoms with Crippen molar-refractivity contribution >= 4 is 0 Å². The minimum absolute atomic E-state index is 0.115. The zero-order valence-electron chi connectivity index (χ0n) is 11.3. The third-order valence-corrected chi connectivity index (χ3v) is 3.43. The maximum Gasteiger partial charge on any atom is 0.411 e. The first-order chi connectivity index (χ1) is 9.44. The Balaban J connectivity index is 1.75. The Bertz CT molecular complexity index is 413. The van der Waals surface area contributed by atoms with Crippen molar-refractivity contribution in [2.24, 2.45) is 5.73 Å². The minimum atomic E-state index is -4.30. The van der Waals surface area contributed by atoms with E-state index in [1.165, 1.54) is 12.8 Å². The molecule has 4 nitrogen and oxygen atoms in total. The second-order valence-corrected chi connectivity index (χ2v) is 5.32. The van der Waals surface area contributed by atoms with Crippen molar-refractivity contribution in [3.8, 4) is 0 Å². The second kappa shape index (κ2) is 6.58. The molecular formula is C13H20F3N3O. The molecule has 1 aromatic rings. The second-order valence-electron chi connectivity index (χ2n) is 5.32. The molecule has 2 rings (SSSR count). The Morgan fingerprint density at radius 1 is 1.40 bits per heavy atom. The summed E-state index contributed by atoms with van der Waals surface area (Å²) in [5, 5.41) is 4.45. The first kappa shape index (κ1) is 15.3. The van der Waals surface area contributed by atoms with Crippen LogP contribution < -0.4 is 5.73 Å². The van der Waals surface area contributed by atoms with Gasteiger partial charge in [-0.2, -0.15) is 18.3 Å². The van der Waals surface area contributed by atoms with Gasteiger partial charge in [-0.05, 0) is 18.9 Å². The lowest BCUT2D eigenvalue weighted by atomic mass is 10.2. The average molecular weight is 291 g/mol. The summed E-state index contributed by atoms with van der Waals surface area (Å²) in [6, 6.07) is 1.87. The molecule has 0 spiro atoms. The molecule has 1 aliphatic carbocycles. The minimum Gasteiger partial charge on any atom is -0.370 e. The predicted molar refractivity (Wildman–Crippen MR) is 68.3 cm³/mol. The maximum absolute atomic E-state index is 11.9. The van der Waals surface area contributed by atoms with Gasteiger partial charge >= 0.3 is 6.18 Å². The van der Waals surface area contributed by atoms with Crippen LogP contribution in [-0.2, 0) is 11.2 Å². The van der Waals surface area contributed by atoms with Crippen molar-refractivity contribution in [1.82, 2.24) is 9.78 Å². The van der Waals surface area contributed by atoms with Gasteiger partial charge in [-0.15, -0.1) is 0 Å². The van der Waals surface area contributed by atoms with Gasteiger partial charge in [-0.1, -0.05) is 12.8 Å².